The number of nitrogens with zero attached hydrogens (tertiary/aromatic N) is 1. The van der Waals surface area contributed by atoms with Crippen LogP contribution in [0.1, 0.15) is 34.6 Å². The monoisotopic (exact) mass is 448 g/mol. The standard InChI is InChI=1S/C24H24N4O3S/c1-14-8-9-17(12-15(14)2)25-22(30)18-13-19(29)26-21-20(18)23(31)28-24(27-21)32-11-10-16-6-4-3-5-7-16/h3-9,12,18H,10-11,13H2,1-2H3,(H,25,30)(H2,26,27,28,29,31). The highest BCUT2D eigenvalue weighted by molar-refractivity contribution is 7.99. The highest BCUT2D eigenvalue weighted by atomic mass is 32.2. The Kier molecular flexibility index (Phi) is 6.41. The molecule has 2 aromatic carbocycles. The molecule has 3 N–H and O–H groups in total. The van der Waals surface area contributed by atoms with Gasteiger partial charge in [-0.05, 0) is 49.1 Å². The van der Waals surface area contributed by atoms with Gasteiger partial charge in [0.05, 0.1) is 11.5 Å². The number of amides is 2. The van der Waals surface area contributed by atoms with Crippen molar-refractivity contribution in [1.29, 1.82) is 0 Å². The first-order valence-corrected chi connectivity index (χ1v) is 11.4. The highest BCUT2D eigenvalue weighted by Gasteiger charge is 2.34. The predicted octanol–water partition coefficient (Wildman–Crippen LogP) is 3.79. The van der Waals surface area contributed by atoms with Crippen LogP contribution in [0.5, 0.6) is 0 Å². The van der Waals surface area contributed by atoms with Gasteiger partial charge in [0.1, 0.15) is 5.82 Å². The molecule has 2 amide bonds. The molecule has 0 spiro atoms. The van der Waals surface area contributed by atoms with Crippen LogP contribution in [-0.4, -0.2) is 27.5 Å². The molecule has 32 heavy (non-hydrogen) atoms. The van der Waals surface area contributed by atoms with E-state index in [9.17, 15) is 14.4 Å². The maximum atomic E-state index is 13.0. The summed E-state index contributed by atoms with van der Waals surface area (Å²) in [6.07, 6.45) is 0.717. The molecular weight excluding hydrogens is 424 g/mol. The van der Waals surface area contributed by atoms with Crippen molar-refractivity contribution in [3.05, 3.63) is 81.1 Å². The average molecular weight is 449 g/mol. The fourth-order valence-corrected chi connectivity index (χ4v) is 4.45. The Hall–Kier alpha value is -3.39. The summed E-state index contributed by atoms with van der Waals surface area (Å²) in [7, 11) is 0. The van der Waals surface area contributed by atoms with Gasteiger partial charge in [-0.3, -0.25) is 14.4 Å². The Bertz CT molecular complexity index is 1220. The van der Waals surface area contributed by atoms with Gasteiger partial charge < -0.3 is 15.6 Å². The Balaban J connectivity index is 1.52. The zero-order valence-corrected chi connectivity index (χ0v) is 18.7. The number of H-pyrrole nitrogens is 1. The number of hydrogen-bond donors (Lipinski definition) is 3. The van der Waals surface area contributed by atoms with Gasteiger partial charge in [-0.25, -0.2) is 4.98 Å². The summed E-state index contributed by atoms with van der Waals surface area (Å²) in [5, 5.41) is 5.90. The van der Waals surface area contributed by atoms with E-state index in [1.54, 1.807) is 6.07 Å². The first-order chi connectivity index (χ1) is 15.4. The Labute approximate surface area is 190 Å². The molecule has 0 fully saturated rings. The fourth-order valence-electron chi connectivity index (χ4n) is 3.60. The average Bonchev–Trinajstić information content (AvgIpc) is 2.76. The molecule has 1 aliphatic heterocycles. The number of anilines is 2. The molecule has 0 bridgehead atoms. The Morgan fingerprint density at radius 3 is 2.66 bits per heavy atom. The lowest BCUT2D eigenvalue weighted by Gasteiger charge is -2.23. The topological polar surface area (TPSA) is 104 Å². The number of aromatic amines is 1. The molecule has 7 nitrogen and oxygen atoms in total. The molecule has 1 aromatic heterocycles. The summed E-state index contributed by atoms with van der Waals surface area (Å²) in [4.78, 5) is 45.3. The number of nitrogens with one attached hydrogen (secondary N) is 3. The van der Waals surface area contributed by atoms with E-state index in [4.69, 9.17) is 0 Å². The normalized spacial score (nSPS) is 15.1. The number of benzene rings is 2. The van der Waals surface area contributed by atoms with Crippen molar-refractivity contribution in [2.24, 2.45) is 0 Å². The maximum Gasteiger partial charge on any atom is 0.257 e. The van der Waals surface area contributed by atoms with Crippen LogP contribution in [0.2, 0.25) is 0 Å². The lowest BCUT2D eigenvalue weighted by molar-refractivity contribution is -0.123. The van der Waals surface area contributed by atoms with Crippen LogP contribution in [0.3, 0.4) is 0 Å². The third kappa shape index (κ3) is 4.91. The highest BCUT2D eigenvalue weighted by Crippen LogP contribution is 2.30. The first-order valence-electron chi connectivity index (χ1n) is 10.4. The minimum atomic E-state index is -0.903. The Morgan fingerprint density at radius 1 is 1.12 bits per heavy atom. The molecule has 1 unspecified atom stereocenters. The van der Waals surface area contributed by atoms with E-state index in [1.807, 2.05) is 56.3 Å². The molecule has 1 aliphatic rings. The predicted molar refractivity (Wildman–Crippen MR) is 126 cm³/mol. The van der Waals surface area contributed by atoms with Crippen molar-refractivity contribution in [2.75, 3.05) is 16.4 Å². The summed E-state index contributed by atoms with van der Waals surface area (Å²) in [5.74, 6) is -0.763. The second-order valence-corrected chi connectivity index (χ2v) is 8.89. The van der Waals surface area contributed by atoms with Gasteiger partial charge in [0, 0.05) is 17.9 Å². The van der Waals surface area contributed by atoms with Crippen molar-refractivity contribution in [2.45, 2.75) is 37.8 Å². The summed E-state index contributed by atoms with van der Waals surface area (Å²) in [6, 6.07) is 15.6. The molecule has 8 heteroatoms. The zero-order valence-electron chi connectivity index (χ0n) is 17.9. The van der Waals surface area contributed by atoms with Crippen LogP contribution in [0.25, 0.3) is 0 Å². The molecule has 0 aliphatic carbocycles. The van der Waals surface area contributed by atoms with Crippen molar-refractivity contribution >= 4 is 35.1 Å². The van der Waals surface area contributed by atoms with E-state index >= 15 is 0 Å². The van der Waals surface area contributed by atoms with E-state index in [0.717, 1.165) is 23.3 Å². The van der Waals surface area contributed by atoms with Crippen LogP contribution in [0.15, 0.2) is 58.5 Å². The maximum absolute atomic E-state index is 13.0. The van der Waals surface area contributed by atoms with Crippen molar-refractivity contribution < 1.29 is 9.59 Å². The van der Waals surface area contributed by atoms with E-state index in [0.29, 0.717) is 10.8 Å². The van der Waals surface area contributed by atoms with Crippen LogP contribution in [0.4, 0.5) is 11.5 Å². The summed E-state index contributed by atoms with van der Waals surface area (Å²) in [5.41, 5.74) is 3.76. The van der Waals surface area contributed by atoms with Crippen LogP contribution in [-0.2, 0) is 16.0 Å². The largest absolute Gasteiger partial charge is 0.326 e. The molecule has 1 atom stereocenters. The minimum Gasteiger partial charge on any atom is -0.326 e. The lowest BCUT2D eigenvalue weighted by atomic mass is 9.92. The molecule has 0 saturated carbocycles. The summed E-state index contributed by atoms with van der Waals surface area (Å²) < 4.78 is 0. The number of aryl methyl sites for hydroxylation is 3. The zero-order chi connectivity index (χ0) is 22.7. The van der Waals surface area contributed by atoms with Gasteiger partial charge in [0.2, 0.25) is 11.8 Å². The lowest BCUT2D eigenvalue weighted by Crippen LogP contribution is -2.36. The molecule has 3 aromatic rings. The SMILES string of the molecule is Cc1ccc(NC(=O)C2CC(=O)Nc3nc(SCCc4ccccc4)[nH]c(=O)c32)cc1C. The van der Waals surface area contributed by atoms with E-state index in [1.165, 1.54) is 17.3 Å². The quantitative estimate of drug-likeness (QED) is 0.393. The molecule has 4 rings (SSSR count). The number of carbonyl (C=O) groups excluding carboxylic acids is 2. The van der Waals surface area contributed by atoms with Crippen LogP contribution >= 0.6 is 11.8 Å². The van der Waals surface area contributed by atoms with Crippen molar-refractivity contribution in [3.8, 4) is 0 Å². The number of thioether (sulfide) groups is 1. The summed E-state index contributed by atoms with van der Waals surface area (Å²) in [6.45, 7) is 3.95. The molecule has 0 saturated heterocycles. The van der Waals surface area contributed by atoms with Gasteiger partial charge >= 0.3 is 0 Å². The second kappa shape index (κ2) is 9.40. The number of hydrogen-bond acceptors (Lipinski definition) is 5. The Morgan fingerprint density at radius 2 is 1.91 bits per heavy atom. The van der Waals surface area contributed by atoms with Gasteiger partial charge in [-0.1, -0.05) is 48.2 Å². The minimum absolute atomic E-state index is 0.102. The summed E-state index contributed by atoms with van der Waals surface area (Å²) >= 11 is 1.40. The van der Waals surface area contributed by atoms with E-state index < -0.39 is 17.4 Å². The second-order valence-electron chi connectivity index (χ2n) is 7.81. The molecule has 0 radical (unpaired) electrons. The van der Waals surface area contributed by atoms with Crippen LogP contribution in [0, 0.1) is 13.8 Å². The molecular formula is C24H24N4O3S. The number of carbonyl (C=O) groups is 2. The third-order valence-electron chi connectivity index (χ3n) is 5.49. The van der Waals surface area contributed by atoms with Crippen LogP contribution < -0.4 is 16.2 Å². The number of rotatable bonds is 6. The van der Waals surface area contributed by atoms with Gasteiger partial charge in [0.25, 0.3) is 5.56 Å². The van der Waals surface area contributed by atoms with E-state index in [-0.39, 0.29) is 23.7 Å². The van der Waals surface area contributed by atoms with Gasteiger partial charge in [-0.2, -0.15) is 0 Å². The third-order valence-corrected chi connectivity index (χ3v) is 6.37. The van der Waals surface area contributed by atoms with Crippen molar-refractivity contribution in [1.82, 2.24) is 9.97 Å². The van der Waals surface area contributed by atoms with Gasteiger partial charge in [-0.15, -0.1) is 0 Å². The van der Waals surface area contributed by atoms with Crippen molar-refractivity contribution in [3.63, 3.8) is 0 Å². The number of aromatic nitrogens is 2. The first kappa shape index (κ1) is 21.8. The van der Waals surface area contributed by atoms with Gasteiger partial charge in [0.15, 0.2) is 5.16 Å². The fraction of sp³-hybridized carbons (Fsp3) is 0.250. The smallest absolute Gasteiger partial charge is 0.257 e. The molecule has 164 valence electrons. The molecule has 2 heterocycles. The number of fused-ring (bicyclic) bond motifs is 1. The van der Waals surface area contributed by atoms with E-state index in [2.05, 4.69) is 20.6 Å².